The second-order valence-electron chi connectivity index (χ2n) is 6.02. The number of carbonyl (C=O) groups is 1. The summed E-state index contributed by atoms with van der Waals surface area (Å²) in [7, 11) is 1.66. The first-order chi connectivity index (χ1) is 13.2. The average Bonchev–Trinajstić information content (AvgIpc) is 3.04. The monoisotopic (exact) mass is 368 g/mol. The number of carbonyl (C=O) groups excluding carboxylic acids is 1. The van der Waals surface area contributed by atoms with Crippen LogP contribution in [0.1, 0.15) is 19.2 Å². The second-order valence-corrected chi connectivity index (χ2v) is 6.02. The molecular weight excluding hydrogens is 344 g/mol. The maximum Gasteiger partial charge on any atom is 0.224 e. The van der Waals surface area contributed by atoms with E-state index < -0.39 is 0 Å². The summed E-state index contributed by atoms with van der Waals surface area (Å²) in [6.45, 7) is 3.77. The van der Waals surface area contributed by atoms with E-state index in [0.29, 0.717) is 32.6 Å². The number of anilines is 1. The number of hydrogen-bond acceptors (Lipinski definition) is 5. The Morgan fingerprint density at radius 2 is 2.04 bits per heavy atom. The number of aromatic nitrogens is 3. The summed E-state index contributed by atoms with van der Waals surface area (Å²) in [4.78, 5) is 21.3. The van der Waals surface area contributed by atoms with Crippen molar-refractivity contribution in [3.05, 3.63) is 48.4 Å². The van der Waals surface area contributed by atoms with Crippen molar-refractivity contribution in [2.45, 2.75) is 26.3 Å². The van der Waals surface area contributed by atoms with Crippen LogP contribution in [0.2, 0.25) is 0 Å². The number of fused-ring (bicyclic) bond motifs is 1. The minimum absolute atomic E-state index is 0.0579. The highest BCUT2D eigenvalue weighted by molar-refractivity contribution is 5.90. The van der Waals surface area contributed by atoms with Crippen molar-refractivity contribution in [1.82, 2.24) is 14.5 Å². The summed E-state index contributed by atoms with van der Waals surface area (Å²) in [5.74, 6) is 1.56. The quantitative estimate of drug-likeness (QED) is 0.628. The summed E-state index contributed by atoms with van der Waals surface area (Å²) in [6.07, 6.45) is 2.61. The number of rotatable bonds is 9. The highest BCUT2D eigenvalue weighted by Crippen LogP contribution is 2.17. The first kappa shape index (κ1) is 18.8. The standard InChI is InChI=1S/C20H24N4O3/c1-3-27-16-8-6-15(7-9-16)22-19(25)11-10-18-23-17-5-4-12-21-20(17)24(18)13-14-26-2/h4-9,12H,3,10-11,13-14H2,1-2H3,(H,22,25). The molecule has 0 spiro atoms. The van der Waals surface area contributed by atoms with Gasteiger partial charge in [0.25, 0.3) is 0 Å². The fourth-order valence-electron chi connectivity index (χ4n) is 2.86. The molecule has 0 bridgehead atoms. The number of nitrogens with zero attached hydrogens (tertiary/aromatic N) is 3. The van der Waals surface area contributed by atoms with Gasteiger partial charge in [-0.1, -0.05) is 0 Å². The van der Waals surface area contributed by atoms with Gasteiger partial charge in [-0.15, -0.1) is 0 Å². The third-order valence-electron chi connectivity index (χ3n) is 4.13. The van der Waals surface area contributed by atoms with Gasteiger partial charge >= 0.3 is 0 Å². The van der Waals surface area contributed by atoms with E-state index in [4.69, 9.17) is 9.47 Å². The molecule has 1 amide bonds. The number of amides is 1. The molecule has 2 aromatic heterocycles. The van der Waals surface area contributed by atoms with Crippen LogP contribution in [0, 0.1) is 0 Å². The van der Waals surface area contributed by atoms with E-state index in [2.05, 4.69) is 15.3 Å². The molecular formula is C20H24N4O3. The van der Waals surface area contributed by atoms with Crippen molar-refractivity contribution in [2.75, 3.05) is 25.6 Å². The Labute approximate surface area is 158 Å². The number of methoxy groups -OCH3 is 1. The number of hydrogen-bond donors (Lipinski definition) is 1. The van der Waals surface area contributed by atoms with Crippen molar-refractivity contribution >= 4 is 22.8 Å². The van der Waals surface area contributed by atoms with Crippen molar-refractivity contribution in [3.63, 3.8) is 0 Å². The molecule has 0 atom stereocenters. The zero-order valence-corrected chi connectivity index (χ0v) is 15.6. The molecule has 0 radical (unpaired) electrons. The minimum atomic E-state index is -0.0579. The maximum atomic E-state index is 12.3. The van der Waals surface area contributed by atoms with Gasteiger partial charge in [-0.3, -0.25) is 4.79 Å². The number of aryl methyl sites for hydroxylation is 1. The summed E-state index contributed by atoms with van der Waals surface area (Å²) in [5, 5.41) is 2.91. The molecule has 0 aliphatic rings. The van der Waals surface area contributed by atoms with E-state index in [1.54, 1.807) is 13.3 Å². The highest BCUT2D eigenvalue weighted by atomic mass is 16.5. The second kappa shape index (κ2) is 9.14. The molecule has 142 valence electrons. The topological polar surface area (TPSA) is 78.3 Å². The molecule has 3 rings (SSSR count). The SMILES string of the molecule is CCOc1ccc(NC(=O)CCc2nc3cccnc3n2CCOC)cc1. The number of imidazole rings is 1. The lowest BCUT2D eigenvalue weighted by Crippen LogP contribution is -2.15. The van der Waals surface area contributed by atoms with Crippen LogP contribution in [-0.4, -0.2) is 40.8 Å². The molecule has 7 heteroatoms. The van der Waals surface area contributed by atoms with Crippen LogP contribution in [0.3, 0.4) is 0 Å². The van der Waals surface area contributed by atoms with Crippen molar-refractivity contribution in [2.24, 2.45) is 0 Å². The van der Waals surface area contributed by atoms with Crippen molar-refractivity contribution in [3.8, 4) is 5.75 Å². The molecule has 1 N–H and O–H groups in total. The molecule has 0 aliphatic carbocycles. The smallest absolute Gasteiger partial charge is 0.224 e. The Balaban J connectivity index is 1.64. The predicted molar refractivity (Wildman–Crippen MR) is 104 cm³/mol. The molecule has 0 fully saturated rings. The summed E-state index contributed by atoms with van der Waals surface area (Å²) < 4.78 is 12.6. The van der Waals surface area contributed by atoms with Crippen LogP contribution in [0.5, 0.6) is 5.75 Å². The normalized spacial score (nSPS) is 10.9. The fourth-order valence-corrected chi connectivity index (χ4v) is 2.86. The van der Waals surface area contributed by atoms with Crippen LogP contribution in [0.4, 0.5) is 5.69 Å². The van der Waals surface area contributed by atoms with E-state index in [-0.39, 0.29) is 5.91 Å². The number of benzene rings is 1. The Kier molecular flexibility index (Phi) is 6.38. The maximum absolute atomic E-state index is 12.3. The van der Waals surface area contributed by atoms with Crippen LogP contribution >= 0.6 is 0 Å². The van der Waals surface area contributed by atoms with Crippen LogP contribution < -0.4 is 10.1 Å². The van der Waals surface area contributed by atoms with Gasteiger partial charge in [-0.2, -0.15) is 0 Å². The molecule has 0 saturated heterocycles. The highest BCUT2D eigenvalue weighted by Gasteiger charge is 2.13. The fraction of sp³-hybridized carbons (Fsp3) is 0.350. The lowest BCUT2D eigenvalue weighted by Gasteiger charge is -2.09. The van der Waals surface area contributed by atoms with Gasteiger partial charge in [-0.05, 0) is 43.3 Å². The largest absolute Gasteiger partial charge is 0.494 e. The van der Waals surface area contributed by atoms with Crippen LogP contribution in [-0.2, 0) is 22.5 Å². The van der Waals surface area contributed by atoms with E-state index in [0.717, 1.165) is 28.4 Å². The third-order valence-corrected chi connectivity index (χ3v) is 4.13. The molecule has 7 nitrogen and oxygen atoms in total. The Hall–Kier alpha value is -2.93. The first-order valence-electron chi connectivity index (χ1n) is 9.03. The summed E-state index contributed by atoms with van der Waals surface area (Å²) in [5.41, 5.74) is 2.39. The Morgan fingerprint density at radius 1 is 1.22 bits per heavy atom. The van der Waals surface area contributed by atoms with Gasteiger partial charge in [0.1, 0.15) is 17.1 Å². The van der Waals surface area contributed by atoms with Gasteiger partial charge in [0.05, 0.1) is 13.2 Å². The summed E-state index contributed by atoms with van der Waals surface area (Å²) in [6, 6.07) is 11.1. The van der Waals surface area contributed by atoms with Crippen LogP contribution in [0.15, 0.2) is 42.6 Å². The molecule has 0 saturated carbocycles. The number of ether oxygens (including phenoxy) is 2. The van der Waals surface area contributed by atoms with Crippen molar-refractivity contribution in [1.29, 1.82) is 0 Å². The van der Waals surface area contributed by atoms with Gasteiger partial charge in [-0.25, -0.2) is 9.97 Å². The Morgan fingerprint density at radius 3 is 2.78 bits per heavy atom. The molecule has 1 aromatic carbocycles. The molecule has 0 unspecified atom stereocenters. The average molecular weight is 368 g/mol. The lowest BCUT2D eigenvalue weighted by molar-refractivity contribution is -0.116. The molecule has 27 heavy (non-hydrogen) atoms. The van der Waals surface area contributed by atoms with Gasteiger partial charge in [0.2, 0.25) is 5.91 Å². The first-order valence-corrected chi connectivity index (χ1v) is 9.03. The molecule has 2 heterocycles. The molecule has 3 aromatic rings. The Bertz CT molecular complexity index is 890. The summed E-state index contributed by atoms with van der Waals surface area (Å²) >= 11 is 0. The van der Waals surface area contributed by atoms with Crippen LogP contribution in [0.25, 0.3) is 11.2 Å². The molecule has 0 aliphatic heterocycles. The third kappa shape index (κ3) is 4.83. The minimum Gasteiger partial charge on any atom is -0.494 e. The van der Waals surface area contributed by atoms with E-state index in [1.165, 1.54) is 0 Å². The van der Waals surface area contributed by atoms with E-state index in [9.17, 15) is 4.79 Å². The number of nitrogens with one attached hydrogen (secondary N) is 1. The van der Waals surface area contributed by atoms with E-state index in [1.807, 2.05) is 47.9 Å². The van der Waals surface area contributed by atoms with Gasteiger partial charge in [0, 0.05) is 38.4 Å². The van der Waals surface area contributed by atoms with Crippen molar-refractivity contribution < 1.29 is 14.3 Å². The van der Waals surface area contributed by atoms with Gasteiger partial charge < -0.3 is 19.4 Å². The zero-order chi connectivity index (χ0) is 19.1. The van der Waals surface area contributed by atoms with Gasteiger partial charge in [0.15, 0.2) is 5.65 Å². The zero-order valence-electron chi connectivity index (χ0n) is 15.6. The van der Waals surface area contributed by atoms with E-state index >= 15 is 0 Å². The number of pyridine rings is 1. The lowest BCUT2D eigenvalue weighted by atomic mass is 10.2. The predicted octanol–water partition coefficient (Wildman–Crippen LogP) is 3.05.